The molecule has 0 bridgehead atoms. The fourth-order valence-corrected chi connectivity index (χ4v) is 2.18. The molecule has 0 atom stereocenters. The van der Waals surface area contributed by atoms with Gasteiger partial charge in [-0.05, 0) is 30.3 Å². The second kappa shape index (κ2) is 6.85. The molecule has 0 unspecified atom stereocenters. The summed E-state index contributed by atoms with van der Waals surface area (Å²) >= 11 is 5.78. The minimum absolute atomic E-state index is 0.0994. The van der Waals surface area contributed by atoms with Crippen LogP contribution in [-0.2, 0) is 0 Å². The van der Waals surface area contributed by atoms with Gasteiger partial charge in [-0.2, -0.15) is 0 Å². The van der Waals surface area contributed by atoms with Crippen LogP contribution in [-0.4, -0.2) is 22.4 Å². The summed E-state index contributed by atoms with van der Waals surface area (Å²) in [6, 6.07) is 6.28. The summed E-state index contributed by atoms with van der Waals surface area (Å²) in [6.07, 6.45) is -4.86. The molecule has 0 amide bonds. The van der Waals surface area contributed by atoms with E-state index in [0.717, 1.165) is 36.4 Å². The highest BCUT2D eigenvalue weighted by Gasteiger charge is 2.31. The largest absolute Gasteiger partial charge is 0.573 e. The molecule has 2 aromatic rings. The van der Waals surface area contributed by atoms with Crippen molar-refractivity contribution < 1.29 is 32.7 Å². The third kappa shape index (κ3) is 4.51. The highest BCUT2D eigenvalue weighted by atomic mass is 35.5. The van der Waals surface area contributed by atoms with Crippen LogP contribution < -0.4 is 10.1 Å². The quantitative estimate of drug-likeness (QED) is 0.584. The van der Waals surface area contributed by atoms with Crippen LogP contribution in [0.3, 0.4) is 0 Å². The zero-order valence-corrected chi connectivity index (χ0v) is 12.8. The van der Waals surface area contributed by atoms with Crippen LogP contribution in [0.15, 0.2) is 36.4 Å². The average molecular weight is 377 g/mol. The molecule has 0 radical (unpaired) electrons. The lowest BCUT2D eigenvalue weighted by Crippen LogP contribution is -2.17. The number of benzene rings is 2. The van der Waals surface area contributed by atoms with Crippen molar-refractivity contribution in [2.75, 3.05) is 5.32 Å². The van der Waals surface area contributed by atoms with E-state index in [9.17, 15) is 33.2 Å². The first-order valence-corrected chi connectivity index (χ1v) is 6.79. The van der Waals surface area contributed by atoms with Crippen molar-refractivity contribution in [1.82, 2.24) is 0 Å². The predicted molar refractivity (Wildman–Crippen MR) is 81.5 cm³/mol. The summed E-state index contributed by atoms with van der Waals surface area (Å²) in [5.74, 6) is -2.01. The molecule has 7 nitrogen and oxygen atoms in total. The van der Waals surface area contributed by atoms with E-state index >= 15 is 0 Å². The van der Waals surface area contributed by atoms with Gasteiger partial charge in [0.15, 0.2) is 0 Å². The van der Waals surface area contributed by atoms with Gasteiger partial charge in [0.25, 0.3) is 5.69 Å². The molecule has 0 aliphatic carbocycles. The number of carboxylic acids is 1. The molecule has 0 aliphatic heterocycles. The summed E-state index contributed by atoms with van der Waals surface area (Å²) in [5, 5.41) is 22.6. The number of alkyl halides is 3. The molecule has 2 rings (SSSR count). The van der Waals surface area contributed by atoms with Gasteiger partial charge in [-0.3, -0.25) is 10.1 Å². The lowest BCUT2D eigenvalue weighted by molar-refractivity contribution is -0.383. The number of nitro groups is 1. The molecule has 0 heterocycles. The molecule has 0 spiro atoms. The van der Waals surface area contributed by atoms with E-state index in [2.05, 4.69) is 10.1 Å². The van der Waals surface area contributed by atoms with Crippen molar-refractivity contribution in [2.24, 2.45) is 0 Å². The lowest BCUT2D eigenvalue weighted by Gasteiger charge is -2.13. The fourth-order valence-electron chi connectivity index (χ4n) is 1.94. The van der Waals surface area contributed by atoms with E-state index < -0.39 is 39.9 Å². The molecule has 132 valence electrons. The first-order chi connectivity index (χ1) is 11.6. The monoisotopic (exact) mass is 376 g/mol. The number of ether oxygens (including phenoxy) is 1. The van der Waals surface area contributed by atoms with Crippen molar-refractivity contribution in [3.63, 3.8) is 0 Å². The zero-order valence-electron chi connectivity index (χ0n) is 12.0. The predicted octanol–water partition coefficient (Wildman–Crippen LogP) is 4.59. The van der Waals surface area contributed by atoms with E-state index in [4.69, 9.17) is 11.6 Å². The van der Waals surface area contributed by atoms with E-state index in [1.807, 2.05) is 0 Å². The van der Waals surface area contributed by atoms with Crippen LogP contribution in [0.25, 0.3) is 0 Å². The maximum Gasteiger partial charge on any atom is 0.573 e. The normalized spacial score (nSPS) is 11.0. The van der Waals surface area contributed by atoms with E-state index in [1.54, 1.807) is 0 Å². The van der Waals surface area contributed by atoms with Crippen molar-refractivity contribution in [1.29, 1.82) is 0 Å². The Morgan fingerprint density at radius 3 is 2.28 bits per heavy atom. The Hall–Kier alpha value is -3.01. The minimum atomic E-state index is -4.86. The fraction of sp³-hybridized carbons (Fsp3) is 0.0714. The van der Waals surface area contributed by atoms with Crippen LogP contribution >= 0.6 is 11.6 Å². The van der Waals surface area contributed by atoms with Gasteiger partial charge < -0.3 is 15.2 Å². The van der Waals surface area contributed by atoms with Gasteiger partial charge in [-0.25, -0.2) is 4.79 Å². The topological polar surface area (TPSA) is 102 Å². The van der Waals surface area contributed by atoms with Crippen LogP contribution in [0, 0.1) is 10.1 Å². The van der Waals surface area contributed by atoms with Gasteiger partial charge in [0.2, 0.25) is 0 Å². The molecule has 11 heteroatoms. The summed E-state index contributed by atoms with van der Waals surface area (Å²) < 4.78 is 40.1. The van der Waals surface area contributed by atoms with Gasteiger partial charge >= 0.3 is 12.3 Å². The average Bonchev–Trinajstić information content (AvgIpc) is 2.47. The third-order valence-corrected chi connectivity index (χ3v) is 3.22. The van der Waals surface area contributed by atoms with E-state index in [-0.39, 0.29) is 10.7 Å². The Labute approximate surface area is 142 Å². The van der Waals surface area contributed by atoms with Crippen molar-refractivity contribution in [2.45, 2.75) is 6.36 Å². The number of hydrogen-bond donors (Lipinski definition) is 2. The number of halogens is 4. The Balaban J connectivity index is 2.41. The van der Waals surface area contributed by atoms with Crippen LogP contribution in [0.2, 0.25) is 5.02 Å². The highest BCUT2D eigenvalue weighted by molar-refractivity contribution is 6.34. The number of rotatable bonds is 5. The highest BCUT2D eigenvalue weighted by Crippen LogP contribution is 2.36. The minimum Gasteiger partial charge on any atom is -0.478 e. The number of carboxylic acid groups (broad SMARTS) is 1. The maximum absolute atomic E-state index is 12.1. The first kappa shape index (κ1) is 18.3. The van der Waals surface area contributed by atoms with Crippen LogP contribution in [0.1, 0.15) is 10.4 Å². The Kier molecular flexibility index (Phi) is 5.02. The number of hydrogen-bond acceptors (Lipinski definition) is 5. The molecule has 2 N–H and O–H groups in total. The second-order valence-corrected chi connectivity index (χ2v) is 4.98. The number of carbonyl (C=O) groups is 1. The third-order valence-electron chi connectivity index (χ3n) is 2.90. The summed E-state index contributed by atoms with van der Waals surface area (Å²) in [5.41, 5.74) is -1.39. The molecular weight excluding hydrogens is 369 g/mol. The Morgan fingerprint density at radius 2 is 1.80 bits per heavy atom. The number of nitro benzene ring substituents is 1. The number of nitrogens with one attached hydrogen (secondary N) is 1. The number of anilines is 2. The molecule has 2 aromatic carbocycles. The number of aromatic carboxylic acids is 1. The van der Waals surface area contributed by atoms with Gasteiger partial charge in [0.1, 0.15) is 17.0 Å². The second-order valence-electron chi connectivity index (χ2n) is 4.58. The summed E-state index contributed by atoms with van der Waals surface area (Å²) in [7, 11) is 0. The van der Waals surface area contributed by atoms with E-state index in [1.165, 1.54) is 0 Å². The van der Waals surface area contributed by atoms with Gasteiger partial charge in [-0.15, -0.1) is 13.2 Å². The molecular formula is C14H8ClF3N2O5. The molecule has 0 aliphatic rings. The van der Waals surface area contributed by atoms with Crippen LogP contribution in [0.4, 0.5) is 30.2 Å². The Morgan fingerprint density at radius 1 is 1.20 bits per heavy atom. The van der Waals surface area contributed by atoms with Crippen molar-refractivity contribution >= 4 is 34.6 Å². The van der Waals surface area contributed by atoms with Crippen LogP contribution in [0.5, 0.6) is 5.75 Å². The summed E-state index contributed by atoms with van der Waals surface area (Å²) in [4.78, 5) is 21.6. The standard InChI is InChI=1S/C14H8ClF3N2O5/c15-9-5-6-10(20(23)24)12(11(9)13(21)22)19-7-1-3-8(4-2-7)25-14(16,17)18/h1-6,19H,(H,21,22). The molecule has 25 heavy (non-hydrogen) atoms. The molecule has 0 aromatic heterocycles. The zero-order chi connectivity index (χ0) is 18.8. The summed E-state index contributed by atoms with van der Waals surface area (Å²) in [6.45, 7) is 0. The maximum atomic E-state index is 12.1. The molecule has 0 fully saturated rings. The smallest absolute Gasteiger partial charge is 0.478 e. The molecule has 0 saturated heterocycles. The van der Waals surface area contributed by atoms with Crippen molar-refractivity contribution in [3.8, 4) is 5.75 Å². The Bertz CT molecular complexity index is 824. The van der Waals surface area contributed by atoms with E-state index in [0.29, 0.717) is 0 Å². The first-order valence-electron chi connectivity index (χ1n) is 6.41. The number of nitrogens with zero attached hydrogens (tertiary/aromatic N) is 1. The molecule has 0 saturated carbocycles. The van der Waals surface area contributed by atoms with Crippen molar-refractivity contribution in [3.05, 3.63) is 57.1 Å². The van der Waals surface area contributed by atoms with Gasteiger partial charge in [0.05, 0.1) is 9.95 Å². The van der Waals surface area contributed by atoms with Gasteiger partial charge in [0, 0.05) is 11.8 Å². The lowest BCUT2D eigenvalue weighted by atomic mass is 10.1. The SMILES string of the molecule is O=C(O)c1c(Cl)ccc([N+](=O)[O-])c1Nc1ccc(OC(F)(F)F)cc1. The van der Waals surface area contributed by atoms with Gasteiger partial charge in [-0.1, -0.05) is 11.6 Å².